The number of rotatable bonds is 5. The minimum absolute atomic E-state index is 0.144. The van der Waals surface area contributed by atoms with E-state index in [1.54, 1.807) is 41.2 Å². The van der Waals surface area contributed by atoms with Gasteiger partial charge in [0.25, 0.3) is 5.91 Å². The lowest BCUT2D eigenvalue weighted by Crippen LogP contribution is -2.23. The summed E-state index contributed by atoms with van der Waals surface area (Å²) in [5, 5.41) is 21.7. The predicted molar refractivity (Wildman–Crippen MR) is 116 cm³/mol. The van der Waals surface area contributed by atoms with E-state index in [2.05, 4.69) is 20.5 Å². The third-order valence-electron chi connectivity index (χ3n) is 6.03. The minimum Gasteiger partial charge on any atom is -0.496 e. The zero-order chi connectivity index (χ0) is 22.2. The molecule has 1 saturated carbocycles. The zero-order valence-corrected chi connectivity index (χ0v) is 17.4. The lowest BCUT2D eigenvalue weighted by atomic mass is 9.86. The highest BCUT2D eigenvalue weighted by Gasteiger charge is 2.27. The molecule has 0 radical (unpaired) electrons. The largest absolute Gasteiger partial charge is 0.496 e. The van der Waals surface area contributed by atoms with Gasteiger partial charge in [0, 0.05) is 23.8 Å². The second-order valence-electron chi connectivity index (χ2n) is 7.96. The highest BCUT2D eigenvalue weighted by molar-refractivity contribution is 6.08. The lowest BCUT2D eigenvalue weighted by molar-refractivity contribution is -0.143. The number of anilines is 1. The number of amides is 1. The number of fused-ring (bicyclic) bond motifs is 2. The molecule has 0 unspecified atom stereocenters. The quantitative estimate of drug-likeness (QED) is 0.494. The van der Waals surface area contributed by atoms with Crippen LogP contribution in [0.5, 0.6) is 5.75 Å². The molecule has 10 heteroatoms. The number of carbonyl (C=O) groups excluding carboxylic acids is 1. The Morgan fingerprint density at radius 1 is 1.22 bits per heavy atom. The smallest absolute Gasteiger partial charge is 0.306 e. The third-order valence-corrected chi connectivity index (χ3v) is 6.03. The van der Waals surface area contributed by atoms with Crippen molar-refractivity contribution in [2.24, 2.45) is 5.92 Å². The topological polar surface area (TPSA) is 124 Å². The maximum atomic E-state index is 13.0. The minimum atomic E-state index is -0.726. The van der Waals surface area contributed by atoms with Crippen LogP contribution in [-0.2, 0) is 4.79 Å². The van der Waals surface area contributed by atoms with Crippen LogP contribution in [0.1, 0.15) is 42.1 Å². The first-order valence-corrected chi connectivity index (χ1v) is 10.4. The first-order chi connectivity index (χ1) is 15.5. The van der Waals surface area contributed by atoms with Crippen molar-refractivity contribution in [1.82, 2.24) is 24.4 Å². The van der Waals surface area contributed by atoms with E-state index in [1.807, 2.05) is 10.9 Å². The summed E-state index contributed by atoms with van der Waals surface area (Å²) in [4.78, 5) is 28.5. The van der Waals surface area contributed by atoms with E-state index in [0.29, 0.717) is 35.6 Å². The second-order valence-corrected chi connectivity index (χ2v) is 7.96. The van der Waals surface area contributed by atoms with Crippen LogP contribution in [0.4, 0.5) is 5.82 Å². The van der Waals surface area contributed by atoms with Gasteiger partial charge in [-0.05, 0) is 43.9 Å². The molecule has 4 aromatic rings. The standard InChI is InChI=1S/C22H22N6O4/c1-32-18-10-17-14(12-27(26-17)15-6-4-13(5-7-15)22(30)31)9-16(18)21(29)25-20-11-23-19-3-2-8-24-28(19)20/h2-3,8-13,15H,4-7H2,1H3,(H,25,29)(H,30,31). The molecular formula is C22H22N6O4. The maximum absolute atomic E-state index is 13.0. The van der Waals surface area contributed by atoms with E-state index in [-0.39, 0.29) is 17.9 Å². The van der Waals surface area contributed by atoms with Crippen LogP contribution in [-0.4, -0.2) is 48.5 Å². The molecule has 1 amide bonds. The Labute approximate surface area is 182 Å². The molecule has 164 valence electrons. The number of hydrogen-bond acceptors (Lipinski definition) is 6. The molecular weight excluding hydrogens is 412 g/mol. The van der Waals surface area contributed by atoms with Crippen molar-refractivity contribution in [3.8, 4) is 5.75 Å². The Bertz CT molecular complexity index is 1320. The SMILES string of the molecule is COc1cc2nn(C3CCC(C(=O)O)CC3)cc2cc1C(=O)Nc1cnc2cccnn12. The number of nitrogens with one attached hydrogen (secondary N) is 1. The van der Waals surface area contributed by atoms with Crippen molar-refractivity contribution in [3.05, 3.63) is 48.4 Å². The molecule has 2 N–H and O–H groups in total. The summed E-state index contributed by atoms with van der Waals surface area (Å²) in [7, 11) is 1.51. The fourth-order valence-electron chi connectivity index (χ4n) is 4.29. The Morgan fingerprint density at radius 3 is 2.78 bits per heavy atom. The molecule has 3 aromatic heterocycles. The monoisotopic (exact) mass is 434 g/mol. The van der Waals surface area contributed by atoms with Gasteiger partial charge in [-0.25, -0.2) is 4.98 Å². The summed E-state index contributed by atoms with van der Waals surface area (Å²) in [6, 6.07) is 7.22. The van der Waals surface area contributed by atoms with Gasteiger partial charge in [0.15, 0.2) is 11.5 Å². The van der Waals surface area contributed by atoms with Crippen LogP contribution >= 0.6 is 0 Å². The highest BCUT2D eigenvalue weighted by atomic mass is 16.5. The average molecular weight is 434 g/mol. The summed E-state index contributed by atoms with van der Waals surface area (Å²) in [6.07, 6.45) is 7.88. The number of carboxylic acid groups (broad SMARTS) is 1. The molecule has 32 heavy (non-hydrogen) atoms. The average Bonchev–Trinajstić information content (AvgIpc) is 3.42. The molecule has 3 heterocycles. The molecule has 5 rings (SSSR count). The number of hydrogen-bond donors (Lipinski definition) is 2. The van der Waals surface area contributed by atoms with Gasteiger partial charge in [0.2, 0.25) is 0 Å². The summed E-state index contributed by atoms with van der Waals surface area (Å²) in [6.45, 7) is 0. The van der Waals surface area contributed by atoms with E-state index in [9.17, 15) is 14.7 Å². The zero-order valence-electron chi connectivity index (χ0n) is 17.4. The summed E-state index contributed by atoms with van der Waals surface area (Å²) >= 11 is 0. The molecule has 0 spiro atoms. The number of aromatic nitrogens is 5. The van der Waals surface area contributed by atoms with Crippen molar-refractivity contribution >= 4 is 34.2 Å². The van der Waals surface area contributed by atoms with Crippen molar-refractivity contribution in [1.29, 1.82) is 0 Å². The first kappa shape index (κ1) is 20.0. The van der Waals surface area contributed by atoms with Gasteiger partial charge >= 0.3 is 5.97 Å². The fraction of sp³-hybridized carbons (Fsp3) is 0.318. The van der Waals surface area contributed by atoms with E-state index >= 15 is 0 Å². The van der Waals surface area contributed by atoms with Crippen LogP contribution in [0.25, 0.3) is 16.6 Å². The summed E-state index contributed by atoms with van der Waals surface area (Å²) in [5.74, 6) is -0.475. The molecule has 0 saturated heterocycles. The van der Waals surface area contributed by atoms with Gasteiger partial charge in [0.1, 0.15) is 5.75 Å². The summed E-state index contributed by atoms with van der Waals surface area (Å²) in [5.41, 5.74) is 1.72. The van der Waals surface area contributed by atoms with Gasteiger partial charge in [-0.2, -0.15) is 14.7 Å². The molecule has 0 atom stereocenters. The van der Waals surface area contributed by atoms with Crippen molar-refractivity contribution < 1.29 is 19.4 Å². The van der Waals surface area contributed by atoms with Crippen LogP contribution in [0, 0.1) is 5.92 Å². The van der Waals surface area contributed by atoms with Crippen molar-refractivity contribution in [3.63, 3.8) is 0 Å². The van der Waals surface area contributed by atoms with Crippen molar-refractivity contribution in [2.75, 3.05) is 12.4 Å². The predicted octanol–water partition coefficient (Wildman–Crippen LogP) is 3.16. The molecule has 0 bridgehead atoms. The van der Waals surface area contributed by atoms with Crippen LogP contribution in [0.15, 0.2) is 42.9 Å². The second kappa shape index (κ2) is 7.95. The van der Waals surface area contributed by atoms with E-state index in [4.69, 9.17) is 4.74 Å². The summed E-state index contributed by atoms with van der Waals surface area (Å²) < 4.78 is 8.90. The number of methoxy groups -OCH3 is 1. The fourth-order valence-corrected chi connectivity index (χ4v) is 4.29. The number of benzene rings is 1. The Kier molecular flexibility index (Phi) is 4.96. The molecule has 0 aliphatic heterocycles. The van der Waals surface area contributed by atoms with Crippen LogP contribution < -0.4 is 10.1 Å². The Morgan fingerprint density at radius 2 is 2.03 bits per heavy atom. The van der Waals surface area contributed by atoms with E-state index < -0.39 is 5.97 Å². The molecule has 1 aliphatic rings. The first-order valence-electron chi connectivity index (χ1n) is 10.4. The lowest BCUT2D eigenvalue weighted by Gasteiger charge is -2.26. The molecule has 1 aliphatic carbocycles. The van der Waals surface area contributed by atoms with Gasteiger partial charge in [0.05, 0.1) is 36.3 Å². The van der Waals surface area contributed by atoms with Gasteiger partial charge < -0.3 is 15.2 Å². The number of aliphatic carboxylic acids is 1. The van der Waals surface area contributed by atoms with Crippen molar-refractivity contribution in [2.45, 2.75) is 31.7 Å². The maximum Gasteiger partial charge on any atom is 0.306 e. The van der Waals surface area contributed by atoms with Crippen LogP contribution in [0.2, 0.25) is 0 Å². The Balaban J connectivity index is 1.42. The molecule has 1 aromatic carbocycles. The van der Waals surface area contributed by atoms with Crippen LogP contribution in [0.3, 0.4) is 0 Å². The third kappa shape index (κ3) is 3.53. The van der Waals surface area contributed by atoms with Gasteiger partial charge in [-0.15, -0.1) is 0 Å². The van der Waals surface area contributed by atoms with E-state index in [0.717, 1.165) is 23.7 Å². The normalized spacial score (nSPS) is 18.7. The number of ether oxygens (including phenoxy) is 1. The van der Waals surface area contributed by atoms with Gasteiger partial charge in [-0.3, -0.25) is 14.3 Å². The molecule has 10 nitrogen and oxygen atoms in total. The highest BCUT2D eigenvalue weighted by Crippen LogP contribution is 2.34. The number of carbonyl (C=O) groups is 2. The number of nitrogens with zero attached hydrogens (tertiary/aromatic N) is 5. The number of imidazole rings is 1. The Hall–Kier alpha value is -3.95. The molecule has 1 fully saturated rings. The van der Waals surface area contributed by atoms with E-state index in [1.165, 1.54) is 7.11 Å². The van der Waals surface area contributed by atoms with Gasteiger partial charge in [-0.1, -0.05) is 0 Å². The number of carboxylic acids is 1.